The molecule has 84 valence electrons. The summed E-state index contributed by atoms with van der Waals surface area (Å²) in [6.45, 7) is 0.390. The highest BCUT2D eigenvalue weighted by atomic mass is 35.5. The Hall–Kier alpha value is -0.420. The van der Waals surface area contributed by atoms with E-state index in [4.69, 9.17) is 5.11 Å². The summed E-state index contributed by atoms with van der Waals surface area (Å²) >= 11 is 0. The molecule has 0 aromatic carbocycles. The molecule has 1 aliphatic rings. The van der Waals surface area contributed by atoms with E-state index in [0.29, 0.717) is 19.4 Å². The van der Waals surface area contributed by atoms with Gasteiger partial charge in [-0.3, -0.25) is 4.79 Å². The van der Waals surface area contributed by atoms with Crippen LogP contribution in [0.15, 0.2) is 0 Å². The Kier molecular flexibility index (Phi) is 5.95. The Morgan fingerprint density at radius 2 is 2.14 bits per heavy atom. The number of alkyl halides is 2. The molecule has 2 atom stereocenters. The Labute approximate surface area is 87.3 Å². The summed E-state index contributed by atoms with van der Waals surface area (Å²) in [6.07, 6.45) is -1.32. The van der Waals surface area contributed by atoms with Crippen molar-refractivity contribution in [1.29, 1.82) is 0 Å². The van der Waals surface area contributed by atoms with Crippen molar-refractivity contribution in [2.75, 3.05) is 6.54 Å². The van der Waals surface area contributed by atoms with E-state index in [9.17, 15) is 13.6 Å². The average molecular weight is 230 g/mol. The van der Waals surface area contributed by atoms with Gasteiger partial charge in [0, 0.05) is 6.42 Å². The molecule has 0 saturated carbocycles. The second-order valence-corrected chi connectivity index (χ2v) is 3.39. The van der Waals surface area contributed by atoms with Gasteiger partial charge in [-0.15, -0.1) is 12.4 Å². The average Bonchev–Trinajstić information content (AvgIpc) is 2.04. The van der Waals surface area contributed by atoms with Crippen molar-refractivity contribution in [3.63, 3.8) is 0 Å². The van der Waals surface area contributed by atoms with E-state index in [0.717, 1.165) is 0 Å². The van der Waals surface area contributed by atoms with Crippen LogP contribution in [-0.2, 0) is 4.79 Å². The zero-order valence-electron chi connectivity index (χ0n) is 7.58. The minimum Gasteiger partial charge on any atom is -0.481 e. The summed E-state index contributed by atoms with van der Waals surface area (Å²) < 4.78 is 24.3. The van der Waals surface area contributed by atoms with Crippen LogP contribution in [0.2, 0.25) is 0 Å². The van der Waals surface area contributed by atoms with Gasteiger partial charge in [-0.25, -0.2) is 8.78 Å². The van der Waals surface area contributed by atoms with E-state index in [1.807, 2.05) is 0 Å². The van der Waals surface area contributed by atoms with Crippen LogP contribution in [0.3, 0.4) is 0 Å². The molecule has 1 aliphatic heterocycles. The Morgan fingerprint density at radius 1 is 1.50 bits per heavy atom. The van der Waals surface area contributed by atoms with Crippen molar-refractivity contribution >= 4 is 18.4 Å². The van der Waals surface area contributed by atoms with Gasteiger partial charge in [0.25, 0.3) is 6.43 Å². The van der Waals surface area contributed by atoms with Gasteiger partial charge in [0.1, 0.15) is 0 Å². The zero-order valence-corrected chi connectivity index (χ0v) is 8.40. The maximum Gasteiger partial charge on any atom is 0.303 e. The van der Waals surface area contributed by atoms with E-state index in [2.05, 4.69) is 5.32 Å². The van der Waals surface area contributed by atoms with Crippen LogP contribution in [0.4, 0.5) is 8.78 Å². The molecule has 1 heterocycles. The monoisotopic (exact) mass is 229 g/mol. The maximum atomic E-state index is 12.1. The molecule has 3 nitrogen and oxygen atoms in total. The highest BCUT2D eigenvalue weighted by Gasteiger charge is 2.27. The largest absolute Gasteiger partial charge is 0.481 e. The van der Waals surface area contributed by atoms with E-state index < -0.39 is 18.4 Å². The zero-order chi connectivity index (χ0) is 9.84. The lowest BCUT2D eigenvalue weighted by atomic mass is 9.92. The lowest BCUT2D eigenvalue weighted by molar-refractivity contribution is -0.138. The van der Waals surface area contributed by atoms with Crippen LogP contribution in [0, 0.1) is 5.92 Å². The van der Waals surface area contributed by atoms with Crippen molar-refractivity contribution < 1.29 is 18.7 Å². The third-order valence-electron chi connectivity index (χ3n) is 2.32. The number of carboxylic acids is 1. The molecule has 1 rings (SSSR count). The fourth-order valence-corrected chi connectivity index (χ4v) is 1.57. The van der Waals surface area contributed by atoms with Crippen LogP contribution in [-0.4, -0.2) is 30.1 Å². The summed E-state index contributed by atoms with van der Waals surface area (Å²) in [5.41, 5.74) is 0. The summed E-state index contributed by atoms with van der Waals surface area (Å²) in [4.78, 5) is 10.3. The van der Waals surface area contributed by atoms with Gasteiger partial charge >= 0.3 is 5.97 Å². The summed E-state index contributed by atoms with van der Waals surface area (Å²) in [6, 6.07) is -0.745. The molecule has 0 aromatic heterocycles. The maximum absolute atomic E-state index is 12.1. The number of piperidine rings is 1. The molecule has 2 N–H and O–H groups in total. The van der Waals surface area contributed by atoms with E-state index in [-0.39, 0.29) is 24.7 Å². The molecule has 0 amide bonds. The first-order valence-electron chi connectivity index (χ1n) is 4.33. The molecule has 2 unspecified atom stereocenters. The van der Waals surface area contributed by atoms with Gasteiger partial charge in [-0.05, 0) is 25.3 Å². The number of rotatable bonds is 3. The van der Waals surface area contributed by atoms with Crippen LogP contribution < -0.4 is 5.32 Å². The number of hydrogen-bond donors (Lipinski definition) is 2. The quantitative estimate of drug-likeness (QED) is 0.772. The predicted molar refractivity (Wildman–Crippen MR) is 50.0 cm³/mol. The first-order valence-corrected chi connectivity index (χ1v) is 4.33. The van der Waals surface area contributed by atoms with Crippen molar-refractivity contribution in [2.45, 2.75) is 31.7 Å². The molecule has 14 heavy (non-hydrogen) atoms. The third-order valence-corrected chi connectivity index (χ3v) is 2.32. The highest BCUT2D eigenvalue weighted by molar-refractivity contribution is 5.85. The Balaban J connectivity index is 0.00000169. The predicted octanol–water partition coefficient (Wildman–Crippen LogP) is 1.52. The molecular formula is C8H14ClF2NO2. The normalized spacial score (nSPS) is 27.1. The number of carboxylic acid groups (broad SMARTS) is 1. The Bertz CT molecular complexity index is 184. The number of carbonyl (C=O) groups is 1. The minimum absolute atomic E-state index is 0. The van der Waals surface area contributed by atoms with Crippen LogP contribution in [0.1, 0.15) is 19.3 Å². The van der Waals surface area contributed by atoms with Gasteiger partial charge in [-0.1, -0.05) is 0 Å². The molecule has 0 aromatic rings. The van der Waals surface area contributed by atoms with Crippen molar-refractivity contribution in [3.8, 4) is 0 Å². The van der Waals surface area contributed by atoms with E-state index in [1.165, 1.54) is 0 Å². The fraction of sp³-hybridized carbons (Fsp3) is 0.875. The topological polar surface area (TPSA) is 49.3 Å². The fourth-order valence-electron chi connectivity index (χ4n) is 1.57. The third kappa shape index (κ3) is 4.19. The van der Waals surface area contributed by atoms with Crippen LogP contribution in [0.25, 0.3) is 0 Å². The van der Waals surface area contributed by atoms with Crippen molar-refractivity contribution in [3.05, 3.63) is 0 Å². The molecule has 0 aliphatic carbocycles. The molecule has 0 spiro atoms. The second-order valence-electron chi connectivity index (χ2n) is 3.39. The highest BCUT2D eigenvalue weighted by Crippen LogP contribution is 2.20. The van der Waals surface area contributed by atoms with Crippen LogP contribution >= 0.6 is 12.4 Å². The van der Waals surface area contributed by atoms with Gasteiger partial charge < -0.3 is 10.4 Å². The molecule has 1 fully saturated rings. The van der Waals surface area contributed by atoms with Crippen molar-refractivity contribution in [2.24, 2.45) is 5.92 Å². The Morgan fingerprint density at radius 3 is 2.50 bits per heavy atom. The first-order chi connectivity index (χ1) is 6.09. The van der Waals surface area contributed by atoms with Gasteiger partial charge in [0.05, 0.1) is 6.04 Å². The summed E-state index contributed by atoms with van der Waals surface area (Å²) in [5, 5.41) is 11.1. The number of halogens is 3. The van der Waals surface area contributed by atoms with Gasteiger partial charge in [-0.2, -0.15) is 0 Å². The summed E-state index contributed by atoms with van der Waals surface area (Å²) in [5.74, 6) is -0.852. The first kappa shape index (κ1) is 13.6. The van der Waals surface area contributed by atoms with Gasteiger partial charge in [0.2, 0.25) is 0 Å². The van der Waals surface area contributed by atoms with Crippen LogP contribution in [0.5, 0.6) is 0 Å². The number of hydrogen-bond acceptors (Lipinski definition) is 2. The van der Waals surface area contributed by atoms with Gasteiger partial charge in [0.15, 0.2) is 0 Å². The molecule has 0 bridgehead atoms. The molecule has 1 saturated heterocycles. The molecule has 6 heteroatoms. The number of nitrogens with one attached hydrogen (secondary N) is 1. The van der Waals surface area contributed by atoms with E-state index in [1.54, 1.807) is 0 Å². The SMILES string of the molecule is Cl.O=C(O)CC1CCC(C(F)F)NC1. The number of aliphatic carboxylic acids is 1. The molecule has 0 radical (unpaired) electrons. The standard InChI is InChI=1S/C8H13F2NO2.ClH/c9-8(10)6-2-1-5(4-11-6)3-7(12)13;/h5-6,8,11H,1-4H2,(H,12,13);1H. The lowest BCUT2D eigenvalue weighted by Crippen LogP contribution is -2.43. The smallest absolute Gasteiger partial charge is 0.303 e. The van der Waals surface area contributed by atoms with Crippen molar-refractivity contribution in [1.82, 2.24) is 5.32 Å². The molecular weight excluding hydrogens is 216 g/mol. The second kappa shape index (κ2) is 6.14. The minimum atomic E-state index is -2.34. The lowest BCUT2D eigenvalue weighted by Gasteiger charge is -2.28. The van der Waals surface area contributed by atoms with E-state index >= 15 is 0 Å². The summed E-state index contributed by atoms with van der Waals surface area (Å²) in [7, 11) is 0.